The molecule has 8 heteroatoms. The molecule has 104 valence electrons. The quantitative estimate of drug-likeness (QED) is 0.503. The summed E-state index contributed by atoms with van der Waals surface area (Å²) in [5.74, 6) is -2.05. The van der Waals surface area contributed by atoms with E-state index in [0.29, 0.717) is 3.57 Å². The van der Waals surface area contributed by atoms with E-state index >= 15 is 0 Å². The minimum atomic E-state index is -1.06. The summed E-state index contributed by atoms with van der Waals surface area (Å²) in [4.78, 5) is 13.0. The predicted octanol–water partition coefficient (Wildman–Crippen LogP) is 1.14. The maximum absolute atomic E-state index is 13.1. The van der Waals surface area contributed by atoms with Crippen LogP contribution in [0.5, 0.6) is 0 Å². The van der Waals surface area contributed by atoms with Crippen molar-refractivity contribution in [3.05, 3.63) is 27.3 Å². The molecule has 1 aromatic rings. The van der Waals surface area contributed by atoms with Crippen molar-refractivity contribution in [2.75, 3.05) is 18.4 Å². The molecule has 5 nitrogen and oxygen atoms in total. The molecule has 1 saturated heterocycles. The lowest BCUT2D eigenvalue weighted by atomic mass is 10.3. The lowest BCUT2D eigenvalue weighted by Crippen LogP contribution is -2.34. The molecular weight excluding hydrogens is 373 g/mol. The second-order valence-electron chi connectivity index (χ2n) is 4.22. The van der Waals surface area contributed by atoms with Gasteiger partial charge < -0.3 is 20.4 Å². The molecule has 0 radical (unpaired) electrons. The Morgan fingerprint density at radius 2 is 1.79 bits per heavy atom. The van der Waals surface area contributed by atoms with E-state index in [1.807, 2.05) is 0 Å². The summed E-state index contributed by atoms with van der Waals surface area (Å²) in [5, 5.41) is 21.1. The van der Waals surface area contributed by atoms with Gasteiger partial charge in [-0.05, 0) is 28.7 Å². The third kappa shape index (κ3) is 3.12. The molecule has 2 rings (SSSR count). The lowest BCUT2D eigenvalue weighted by Gasteiger charge is -2.17. The summed E-state index contributed by atoms with van der Waals surface area (Å²) in [6, 6.07) is 1.27. The fourth-order valence-corrected chi connectivity index (χ4v) is 2.31. The highest BCUT2D eigenvalue weighted by atomic mass is 127. The fraction of sp³-hybridized carbons (Fsp3) is 0.364. The average Bonchev–Trinajstić information content (AvgIpc) is 2.67. The van der Waals surface area contributed by atoms with Crippen LogP contribution in [-0.4, -0.2) is 46.4 Å². The molecule has 19 heavy (non-hydrogen) atoms. The molecule has 1 heterocycles. The van der Waals surface area contributed by atoms with Crippen LogP contribution in [0, 0.1) is 15.2 Å². The van der Waals surface area contributed by atoms with Gasteiger partial charge in [-0.15, -0.1) is 0 Å². The Kier molecular flexibility index (Phi) is 4.21. The number of likely N-dealkylation sites (tertiary alicyclic amines) is 1. The predicted molar refractivity (Wildman–Crippen MR) is 71.7 cm³/mol. The first-order valence-corrected chi connectivity index (χ1v) is 6.53. The highest BCUT2D eigenvalue weighted by molar-refractivity contribution is 14.1. The van der Waals surface area contributed by atoms with E-state index < -0.39 is 29.9 Å². The number of hydrogen-bond donors (Lipinski definition) is 3. The van der Waals surface area contributed by atoms with E-state index in [2.05, 4.69) is 5.32 Å². The number of carbonyl (C=O) groups excluding carboxylic acids is 1. The van der Waals surface area contributed by atoms with Gasteiger partial charge in [0.15, 0.2) is 11.6 Å². The minimum Gasteiger partial charge on any atom is -0.388 e. The van der Waals surface area contributed by atoms with Crippen LogP contribution in [0.15, 0.2) is 12.1 Å². The number of nitrogens with one attached hydrogen (secondary N) is 1. The number of halogens is 3. The van der Waals surface area contributed by atoms with E-state index in [0.717, 1.165) is 12.1 Å². The molecule has 1 aromatic carbocycles. The molecule has 3 N–H and O–H groups in total. The van der Waals surface area contributed by atoms with E-state index in [1.54, 1.807) is 22.6 Å². The molecule has 1 fully saturated rings. The van der Waals surface area contributed by atoms with Crippen LogP contribution in [0.2, 0.25) is 0 Å². The molecule has 0 spiro atoms. The number of nitrogens with zero attached hydrogens (tertiary/aromatic N) is 1. The average molecular weight is 384 g/mol. The second-order valence-corrected chi connectivity index (χ2v) is 5.38. The van der Waals surface area contributed by atoms with E-state index in [4.69, 9.17) is 0 Å². The molecule has 2 atom stereocenters. The monoisotopic (exact) mass is 384 g/mol. The zero-order chi connectivity index (χ0) is 14.2. The lowest BCUT2D eigenvalue weighted by molar-refractivity contribution is 0.0572. The van der Waals surface area contributed by atoms with Crippen LogP contribution in [-0.2, 0) is 0 Å². The number of aliphatic hydroxyl groups is 2. The van der Waals surface area contributed by atoms with Crippen molar-refractivity contribution in [2.45, 2.75) is 12.2 Å². The zero-order valence-corrected chi connectivity index (χ0v) is 11.8. The molecule has 1 aliphatic heterocycles. The number of urea groups is 1. The smallest absolute Gasteiger partial charge is 0.322 e. The van der Waals surface area contributed by atoms with Gasteiger partial charge in [0, 0.05) is 9.64 Å². The summed E-state index contributed by atoms with van der Waals surface area (Å²) >= 11 is 1.77. The Balaban J connectivity index is 2.09. The highest BCUT2D eigenvalue weighted by Crippen LogP contribution is 2.22. The van der Waals surface area contributed by atoms with Crippen LogP contribution >= 0.6 is 22.6 Å². The molecule has 2 unspecified atom stereocenters. The SMILES string of the molecule is O=C(Nc1cc(F)c(F)cc1I)N1CC(O)C(O)C1. The van der Waals surface area contributed by atoms with E-state index in [-0.39, 0.29) is 18.8 Å². The largest absolute Gasteiger partial charge is 0.388 e. The molecule has 2 amide bonds. The molecule has 0 aromatic heterocycles. The highest BCUT2D eigenvalue weighted by Gasteiger charge is 2.32. The van der Waals surface area contributed by atoms with E-state index in [9.17, 15) is 23.8 Å². The van der Waals surface area contributed by atoms with Crippen LogP contribution in [0.3, 0.4) is 0 Å². The first-order valence-electron chi connectivity index (χ1n) is 5.45. The normalized spacial score (nSPS) is 22.7. The van der Waals surface area contributed by atoms with Gasteiger partial charge in [-0.25, -0.2) is 13.6 Å². The number of hydrogen-bond acceptors (Lipinski definition) is 3. The van der Waals surface area contributed by atoms with Crippen LogP contribution in [0.1, 0.15) is 0 Å². The molecule has 1 aliphatic rings. The van der Waals surface area contributed by atoms with Gasteiger partial charge >= 0.3 is 6.03 Å². The first kappa shape index (κ1) is 14.4. The Hall–Kier alpha value is -1.00. The summed E-state index contributed by atoms with van der Waals surface area (Å²) in [7, 11) is 0. The van der Waals surface area contributed by atoms with Crippen molar-refractivity contribution >= 4 is 34.3 Å². The standard InChI is InChI=1S/C11H11F2IN2O3/c12-5-1-7(14)8(2-6(5)13)15-11(19)16-3-9(17)10(18)4-16/h1-2,9-10,17-18H,3-4H2,(H,15,19). The van der Waals surface area contributed by atoms with Gasteiger partial charge in [0.1, 0.15) is 0 Å². The van der Waals surface area contributed by atoms with Gasteiger partial charge in [0.2, 0.25) is 0 Å². The third-order valence-corrected chi connectivity index (χ3v) is 3.69. The van der Waals surface area contributed by atoms with Gasteiger partial charge in [-0.2, -0.15) is 0 Å². The second kappa shape index (κ2) is 5.55. The topological polar surface area (TPSA) is 72.8 Å². The number of carbonyl (C=O) groups is 1. The summed E-state index contributed by atoms with van der Waals surface area (Å²) in [5.41, 5.74) is 0.139. The van der Waals surface area contributed by atoms with Gasteiger partial charge in [-0.1, -0.05) is 0 Å². The number of β-amino-alcohol motifs (C(OH)–C–C–N with tert-alkyl or cyclic N) is 2. The Labute approximate surface area is 121 Å². The van der Waals surface area contributed by atoms with Crippen LogP contribution in [0.25, 0.3) is 0 Å². The van der Waals surface area contributed by atoms with Crippen molar-refractivity contribution in [1.82, 2.24) is 4.90 Å². The Bertz CT molecular complexity index is 505. The van der Waals surface area contributed by atoms with Crippen molar-refractivity contribution in [2.24, 2.45) is 0 Å². The fourth-order valence-electron chi connectivity index (χ4n) is 1.75. The van der Waals surface area contributed by atoms with Crippen LogP contribution in [0.4, 0.5) is 19.3 Å². The van der Waals surface area contributed by atoms with Gasteiger partial charge in [-0.3, -0.25) is 0 Å². The summed E-state index contributed by atoms with van der Waals surface area (Å²) in [6.07, 6.45) is -1.98. The summed E-state index contributed by atoms with van der Waals surface area (Å²) < 4.78 is 26.4. The number of anilines is 1. The number of rotatable bonds is 1. The van der Waals surface area contributed by atoms with Crippen LogP contribution < -0.4 is 5.32 Å². The van der Waals surface area contributed by atoms with Crippen molar-refractivity contribution in [1.29, 1.82) is 0 Å². The maximum atomic E-state index is 13.1. The van der Waals surface area contributed by atoms with Gasteiger partial charge in [0.05, 0.1) is 31.0 Å². The molecular formula is C11H11F2IN2O3. The Morgan fingerprint density at radius 1 is 1.26 bits per heavy atom. The zero-order valence-electron chi connectivity index (χ0n) is 9.61. The first-order chi connectivity index (χ1) is 8.88. The van der Waals surface area contributed by atoms with Crippen molar-refractivity contribution in [3.8, 4) is 0 Å². The van der Waals surface area contributed by atoms with Crippen molar-refractivity contribution < 1.29 is 23.8 Å². The van der Waals surface area contributed by atoms with Crippen molar-refractivity contribution in [3.63, 3.8) is 0 Å². The third-order valence-electron chi connectivity index (χ3n) is 2.80. The maximum Gasteiger partial charge on any atom is 0.322 e. The number of benzene rings is 1. The molecule has 0 saturated carbocycles. The van der Waals surface area contributed by atoms with Gasteiger partial charge in [0.25, 0.3) is 0 Å². The summed E-state index contributed by atoms with van der Waals surface area (Å²) in [6.45, 7) is -0.0134. The minimum absolute atomic E-state index is 0.00669. The molecule has 0 bridgehead atoms. The number of aliphatic hydroxyl groups excluding tert-OH is 2. The van der Waals surface area contributed by atoms with E-state index in [1.165, 1.54) is 4.90 Å². The molecule has 0 aliphatic carbocycles. The number of amides is 2. The Morgan fingerprint density at radius 3 is 2.37 bits per heavy atom.